The molecule has 2 aromatic rings. The minimum atomic E-state index is 0. The third-order valence-corrected chi connectivity index (χ3v) is 2.90. The van der Waals surface area contributed by atoms with E-state index in [0.717, 1.165) is 19.6 Å². The van der Waals surface area contributed by atoms with E-state index < -0.39 is 0 Å². The van der Waals surface area contributed by atoms with Crippen LogP contribution in [0, 0.1) is 0 Å². The first-order valence-electron chi connectivity index (χ1n) is 6.14. The van der Waals surface area contributed by atoms with Crippen LogP contribution in [0.1, 0.15) is 25.8 Å². The molecule has 1 N–H and O–H groups in total. The van der Waals surface area contributed by atoms with Crippen molar-refractivity contribution in [2.45, 2.75) is 33.4 Å². The van der Waals surface area contributed by atoms with Gasteiger partial charge in [-0.1, -0.05) is 32.0 Å². The van der Waals surface area contributed by atoms with Gasteiger partial charge in [0.1, 0.15) is 0 Å². The number of benzene rings is 1. The van der Waals surface area contributed by atoms with Crippen LogP contribution in [0.25, 0.3) is 10.9 Å². The quantitative estimate of drug-likeness (QED) is 0.861. The number of halogens is 1. The normalized spacial score (nSPS) is 10.5. The fourth-order valence-corrected chi connectivity index (χ4v) is 2.15. The Morgan fingerprint density at radius 2 is 1.94 bits per heavy atom. The highest BCUT2D eigenvalue weighted by molar-refractivity contribution is 5.85. The maximum Gasteiger partial charge on any atom is 0.0483 e. The van der Waals surface area contributed by atoms with Crippen molar-refractivity contribution in [3.63, 3.8) is 0 Å². The Kier molecular flexibility index (Phi) is 5.52. The molecule has 0 atom stereocenters. The van der Waals surface area contributed by atoms with E-state index in [9.17, 15) is 0 Å². The molecule has 0 aliphatic heterocycles. The Hall–Kier alpha value is -0.990. The second-order valence-electron chi connectivity index (χ2n) is 4.15. The molecule has 0 bridgehead atoms. The van der Waals surface area contributed by atoms with Crippen molar-refractivity contribution in [3.05, 3.63) is 36.0 Å². The first-order chi connectivity index (χ1) is 7.86. The van der Waals surface area contributed by atoms with Gasteiger partial charge >= 0.3 is 0 Å². The molecule has 0 aliphatic carbocycles. The number of fused-ring (bicyclic) bond motifs is 1. The highest BCUT2D eigenvalue weighted by Gasteiger charge is 2.06. The molecular weight excluding hydrogens is 232 g/mol. The summed E-state index contributed by atoms with van der Waals surface area (Å²) in [7, 11) is 0. The summed E-state index contributed by atoms with van der Waals surface area (Å²) in [6, 6.07) is 8.66. The van der Waals surface area contributed by atoms with Crippen LogP contribution in [0.4, 0.5) is 0 Å². The Labute approximate surface area is 109 Å². The van der Waals surface area contributed by atoms with Crippen LogP contribution in [0.15, 0.2) is 30.5 Å². The van der Waals surface area contributed by atoms with Crippen LogP contribution in [-0.4, -0.2) is 11.1 Å². The summed E-state index contributed by atoms with van der Waals surface area (Å²) in [5.74, 6) is 0. The number of nitrogens with one attached hydrogen (secondary N) is 1. The molecule has 2 rings (SSSR count). The van der Waals surface area contributed by atoms with E-state index in [-0.39, 0.29) is 12.4 Å². The van der Waals surface area contributed by atoms with Gasteiger partial charge in [-0.2, -0.15) is 0 Å². The number of hydrogen-bond donors (Lipinski definition) is 1. The summed E-state index contributed by atoms with van der Waals surface area (Å²) < 4.78 is 2.36. The molecule has 1 heterocycles. The Balaban J connectivity index is 0.00000144. The molecular formula is C14H21ClN2. The van der Waals surface area contributed by atoms with Crippen molar-refractivity contribution >= 4 is 23.3 Å². The third kappa shape index (κ3) is 3.02. The monoisotopic (exact) mass is 252 g/mol. The zero-order valence-electron chi connectivity index (χ0n) is 10.6. The number of nitrogens with zero attached hydrogens (tertiary/aromatic N) is 1. The Morgan fingerprint density at radius 1 is 1.18 bits per heavy atom. The van der Waals surface area contributed by atoms with Crippen molar-refractivity contribution < 1.29 is 0 Å². The van der Waals surface area contributed by atoms with Crippen molar-refractivity contribution in [1.29, 1.82) is 0 Å². The van der Waals surface area contributed by atoms with Crippen LogP contribution in [0.3, 0.4) is 0 Å². The van der Waals surface area contributed by atoms with E-state index in [4.69, 9.17) is 0 Å². The average molecular weight is 253 g/mol. The van der Waals surface area contributed by atoms with Crippen molar-refractivity contribution in [1.82, 2.24) is 9.88 Å². The van der Waals surface area contributed by atoms with Gasteiger partial charge in [0.05, 0.1) is 0 Å². The molecule has 0 fully saturated rings. The molecule has 1 aromatic heterocycles. The lowest BCUT2D eigenvalue weighted by Gasteiger charge is -2.01. The van der Waals surface area contributed by atoms with E-state index in [0.29, 0.717) is 0 Å². The molecule has 94 valence electrons. The van der Waals surface area contributed by atoms with Crippen molar-refractivity contribution in [2.75, 3.05) is 6.54 Å². The summed E-state index contributed by atoms with van der Waals surface area (Å²) in [6.07, 6.45) is 3.47. The second kappa shape index (κ2) is 6.67. The fourth-order valence-electron chi connectivity index (χ4n) is 2.15. The first kappa shape index (κ1) is 14.1. The number of hydrogen-bond acceptors (Lipinski definition) is 1. The van der Waals surface area contributed by atoms with Gasteiger partial charge in [0.2, 0.25) is 0 Å². The highest BCUT2D eigenvalue weighted by Crippen LogP contribution is 2.21. The molecule has 1 aromatic carbocycles. The summed E-state index contributed by atoms with van der Waals surface area (Å²) in [5, 5.41) is 4.78. The van der Waals surface area contributed by atoms with Crippen molar-refractivity contribution in [3.8, 4) is 0 Å². The summed E-state index contributed by atoms with van der Waals surface area (Å²) >= 11 is 0. The van der Waals surface area contributed by atoms with E-state index >= 15 is 0 Å². The Morgan fingerprint density at radius 3 is 2.65 bits per heavy atom. The molecule has 0 unspecified atom stereocenters. The largest absolute Gasteiger partial charge is 0.347 e. The van der Waals surface area contributed by atoms with Gasteiger partial charge in [0.15, 0.2) is 0 Å². The van der Waals surface area contributed by atoms with Crippen LogP contribution in [-0.2, 0) is 13.1 Å². The lowest BCUT2D eigenvalue weighted by molar-refractivity contribution is 0.689. The van der Waals surface area contributed by atoms with Crippen LogP contribution < -0.4 is 5.32 Å². The minimum Gasteiger partial charge on any atom is -0.347 e. The number of para-hydroxylation sites is 1. The lowest BCUT2D eigenvalue weighted by Crippen LogP contribution is -2.11. The Bertz CT molecular complexity index is 462. The number of aryl methyl sites for hydroxylation is 1. The standard InChI is InChI=1S/C14H20N2.ClH/c1-3-9-16-11-12(10-15-4-2)13-7-5-6-8-14(13)16;/h5-8,11,15H,3-4,9-10H2,1-2H3;1H. The number of aromatic nitrogens is 1. The molecule has 0 radical (unpaired) electrons. The van der Waals surface area contributed by atoms with Crippen LogP contribution in [0.2, 0.25) is 0 Å². The van der Waals surface area contributed by atoms with E-state index in [2.05, 4.69) is 54.2 Å². The zero-order valence-corrected chi connectivity index (χ0v) is 11.4. The molecule has 0 aliphatic rings. The predicted molar refractivity (Wildman–Crippen MR) is 76.9 cm³/mol. The lowest BCUT2D eigenvalue weighted by atomic mass is 10.2. The van der Waals surface area contributed by atoms with E-state index in [1.165, 1.54) is 22.9 Å². The van der Waals surface area contributed by atoms with Gasteiger partial charge in [-0.05, 0) is 24.6 Å². The van der Waals surface area contributed by atoms with Gasteiger partial charge in [0, 0.05) is 30.2 Å². The van der Waals surface area contributed by atoms with Gasteiger partial charge in [-0.3, -0.25) is 0 Å². The molecule has 0 amide bonds. The molecule has 17 heavy (non-hydrogen) atoms. The SMILES string of the molecule is CCCn1cc(CNCC)c2ccccc21.Cl. The van der Waals surface area contributed by atoms with Crippen molar-refractivity contribution in [2.24, 2.45) is 0 Å². The summed E-state index contributed by atoms with van der Waals surface area (Å²) in [4.78, 5) is 0. The maximum atomic E-state index is 3.40. The zero-order chi connectivity index (χ0) is 11.4. The maximum absolute atomic E-state index is 3.40. The van der Waals surface area contributed by atoms with Crippen LogP contribution in [0.5, 0.6) is 0 Å². The van der Waals surface area contributed by atoms with E-state index in [1.807, 2.05) is 0 Å². The average Bonchev–Trinajstić information content (AvgIpc) is 2.66. The summed E-state index contributed by atoms with van der Waals surface area (Å²) in [5.41, 5.74) is 2.77. The molecule has 0 saturated carbocycles. The highest BCUT2D eigenvalue weighted by atomic mass is 35.5. The van der Waals surface area contributed by atoms with E-state index in [1.54, 1.807) is 0 Å². The molecule has 3 heteroatoms. The van der Waals surface area contributed by atoms with Crippen LogP contribution >= 0.6 is 12.4 Å². The predicted octanol–water partition coefficient (Wildman–Crippen LogP) is 3.58. The first-order valence-corrected chi connectivity index (χ1v) is 6.14. The topological polar surface area (TPSA) is 17.0 Å². The van der Waals surface area contributed by atoms with Gasteiger partial charge in [-0.15, -0.1) is 12.4 Å². The fraction of sp³-hybridized carbons (Fsp3) is 0.429. The van der Waals surface area contributed by atoms with Gasteiger partial charge in [-0.25, -0.2) is 0 Å². The number of rotatable bonds is 5. The second-order valence-corrected chi connectivity index (χ2v) is 4.15. The summed E-state index contributed by atoms with van der Waals surface area (Å²) in [6.45, 7) is 7.46. The third-order valence-electron chi connectivity index (χ3n) is 2.90. The minimum absolute atomic E-state index is 0. The smallest absolute Gasteiger partial charge is 0.0483 e. The molecule has 2 nitrogen and oxygen atoms in total. The molecule has 0 spiro atoms. The van der Waals surface area contributed by atoms with Gasteiger partial charge < -0.3 is 9.88 Å². The van der Waals surface area contributed by atoms with Gasteiger partial charge in [0.25, 0.3) is 0 Å². The molecule has 0 saturated heterocycles.